The molecule has 1 aliphatic heterocycles. The van der Waals surface area contributed by atoms with Gasteiger partial charge in [0.15, 0.2) is 5.65 Å². The molecule has 0 unspecified atom stereocenters. The summed E-state index contributed by atoms with van der Waals surface area (Å²) in [5, 5.41) is 12.9. The first-order chi connectivity index (χ1) is 17.8. The molecule has 3 aromatic heterocycles. The van der Waals surface area contributed by atoms with Crippen LogP contribution in [0.3, 0.4) is 0 Å². The topological polar surface area (TPSA) is 158 Å². The van der Waals surface area contributed by atoms with Crippen molar-refractivity contribution in [3.05, 3.63) is 59.7 Å². The lowest BCUT2D eigenvalue weighted by molar-refractivity contribution is 0.0932. The summed E-state index contributed by atoms with van der Waals surface area (Å²) in [4.78, 5) is 33.2. The maximum atomic E-state index is 14.1. The molecular weight excluding hydrogens is 483 g/mol. The number of fused-ring (bicyclic) bond motifs is 2. The number of benzene rings is 1. The smallest absolute Gasteiger partial charge is 0.411 e. The lowest BCUT2D eigenvalue weighted by Gasteiger charge is -2.18. The number of amides is 2. The number of nitrogens with one attached hydrogen (secondary N) is 3. The molecule has 5 N–H and O–H groups in total. The number of hydrogen-bond acceptors (Lipinski definition) is 9. The molecule has 0 saturated heterocycles. The van der Waals surface area contributed by atoms with Crippen LogP contribution in [0.25, 0.3) is 16.8 Å². The van der Waals surface area contributed by atoms with E-state index in [2.05, 4.69) is 35.8 Å². The molecule has 1 atom stereocenters. The van der Waals surface area contributed by atoms with Gasteiger partial charge in [0.05, 0.1) is 31.6 Å². The standard InChI is InChI=1S/C24H23FN8O4/c1-12-8-28-22(34)17-11-30-33-19(26)18(13-3-5-16(6-4-13)31-24(35)36-2)20(32-21(17)33)27-9-14-7-15(25)10-29-23(14)37-12/h3-7,10-12H,8-9,26H2,1-2H3,(H,27,32)(H,28,34)(H,31,35)/t12-/m0/s1. The van der Waals surface area contributed by atoms with Crippen molar-refractivity contribution in [1.29, 1.82) is 0 Å². The lowest BCUT2D eigenvalue weighted by atomic mass is 10.1. The second kappa shape index (κ2) is 9.60. The predicted octanol–water partition coefficient (Wildman–Crippen LogP) is 2.81. The number of hydrogen-bond donors (Lipinski definition) is 4. The summed E-state index contributed by atoms with van der Waals surface area (Å²) >= 11 is 0. The van der Waals surface area contributed by atoms with E-state index in [-0.39, 0.29) is 36.0 Å². The fourth-order valence-electron chi connectivity index (χ4n) is 3.92. The molecule has 4 aromatic rings. The normalized spacial score (nSPS) is 15.3. The zero-order chi connectivity index (χ0) is 26.1. The number of rotatable bonds is 2. The van der Waals surface area contributed by atoms with Crippen LogP contribution in [0.5, 0.6) is 5.88 Å². The molecule has 0 radical (unpaired) electrons. The molecule has 12 nitrogen and oxygen atoms in total. The summed E-state index contributed by atoms with van der Waals surface area (Å²) in [5.74, 6) is -0.148. The average Bonchev–Trinajstić information content (AvgIpc) is 3.32. The van der Waals surface area contributed by atoms with E-state index < -0.39 is 23.9 Å². The van der Waals surface area contributed by atoms with Crippen molar-refractivity contribution in [3.8, 4) is 17.0 Å². The monoisotopic (exact) mass is 506 g/mol. The summed E-state index contributed by atoms with van der Waals surface area (Å²) < 4.78 is 25.9. The van der Waals surface area contributed by atoms with Crippen molar-refractivity contribution in [2.45, 2.75) is 19.6 Å². The molecule has 4 heterocycles. The van der Waals surface area contributed by atoms with Gasteiger partial charge in [-0.1, -0.05) is 12.1 Å². The van der Waals surface area contributed by atoms with E-state index in [1.807, 2.05) is 0 Å². The number of carbonyl (C=O) groups is 2. The van der Waals surface area contributed by atoms with E-state index in [4.69, 9.17) is 10.5 Å². The summed E-state index contributed by atoms with van der Waals surface area (Å²) in [7, 11) is 1.27. The van der Waals surface area contributed by atoms with Gasteiger partial charge in [0.2, 0.25) is 5.88 Å². The van der Waals surface area contributed by atoms with Gasteiger partial charge in [0, 0.05) is 17.8 Å². The number of ether oxygens (including phenoxy) is 2. The van der Waals surface area contributed by atoms with Crippen molar-refractivity contribution in [2.75, 3.05) is 30.0 Å². The van der Waals surface area contributed by atoms with E-state index in [0.717, 1.165) is 6.20 Å². The molecule has 0 fully saturated rings. The number of nitrogens with two attached hydrogens (primary N) is 1. The largest absolute Gasteiger partial charge is 0.473 e. The van der Waals surface area contributed by atoms with Gasteiger partial charge in [-0.15, -0.1) is 0 Å². The minimum atomic E-state index is -0.603. The fraction of sp³-hybridized carbons (Fsp3) is 0.208. The number of pyridine rings is 1. The zero-order valence-electron chi connectivity index (χ0n) is 19.9. The Balaban J connectivity index is 1.64. The van der Waals surface area contributed by atoms with Crippen molar-refractivity contribution in [1.82, 2.24) is 24.9 Å². The molecule has 190 valence electrons. The Labute approximate surface area is 210 Å². The van der Waals surface area contributed by atoms with Crippen LogP contribution in [0.2, 0.25) is 0 Å². The number of nitrogen functional groups attached to an aromatic ring is 1. The highest BCUT2D eigenvalue weighted by molar-refractivity contribution is 6.01. The summed E-state index contributed by atoms with van der Waals surface area (Å²) in [6.45, 7) is 2.05. The van der Waals surface area contributed by atoms with Gasteiger partial charge in [-0.05, 0) is 30.7 Å². The van der Waals surface area contributed by atoms with Crippen molar-refractivity contribution >= 4 is 35.0 Å². The fourth-order valence-corrected chi connectivity index (χ4v) is 3.92. The number of halogens is 1. The van der Waals surface area contributed by atoms with Gasteiger partial charge in [0.25, 0.3) is 5.91 Å². The molecule has 13 heteroatoms. The molecule has 5 rings (SSSR count). The second-order valence-corrected chi connectivity index (χ2v) is 8.32. The van der Waals surface area contributed by atoms with E-state index >= 15 is 0 Å². The first-order valence-corrected chi connectivity index (χ1v) is 11.3. The zero-order valence-corrected chi connectivity index (χ0v) is 19.9. The Bertz CT molecular complexity index is 1510. The quantitative estimate of drug-likeness (QED) is 0.321. The lowest BCUT2D eigenvalue weighted by Crippen LogP contribution is -2.33. The summed E-state index contributed by atoms with van der Waals surface area (Å²) in [5.41, 5.74) is 9.12. The highest BCUT2D eigenvalue weighted by Crippen LogP contribution is 2.35. The first-order valence-electron chi connectivity index (χ1n) is 11.3. The summed E-state index contributed by atoms with van der Waals surface area (Å²) in [6, 6.07) is 8.14. The SMILES string of the molecule is COC(=O)Nc1ccc(-c2c3nc4c(cnn4c2N)C(=O)NC[C@H](C)Oc2ncc(F)cc2CN3)cc1. The number of nitrogens with zero attached hydrogens (tertiary/aromatic N) is 4. The molecule has 2 bridgehead atoms. The Morgan fingerprint density at radius 2 is 2.05 bits per heavy atom. The van der Waals surface area contributed by atoms with Crippen molar-refractivity contribution in [2.24, 2.45) is 0 Å². The van der Waals surface area contributed by atoms with Crippen LogP contribution in [0, 0.1) is 5.82 Å². The van der Waals surface area contributed by atoms with E-state index in [9.17, 15) is 14.0 Å². The minimum absolute atomic E-state index is 0.106. The van der Waals surface area contributed by atoms with Crippen LogP contribution in [0.1, 0.15) is 22.8 Å². The minimum Gasteiger partial charge on any atom is -0.473 e. The van der Waals surface area contributed by atoms with E-state index in [0.29, 0.717) is 28.2 Å². The number of methoxy groups -OCH3 is 1. The highest BCUT2D eigenvalue weighted by Gasteiger charge is 2.23. The Morgan fingerprint density at radius 1 is 1.27 bits per heavy atom. The molecule has 37 heavy (non-hydrogen) atoms. The molecule has 0 saturated carbocycles. The van der Waals surface area contributed by atoms with Gasteiger partial charge in [-0.3, -0.25) is 10.1 Å². The van der Waals surface area contributed by atoms with Gasteiger partial charge in [-0.2, -0.15) is 9.61 Å². The molecule has 0 aliphatic carbocycles. The van der Waals surface area contributed by atoms with Crippen molar-refractivity contribution < 1.29 is 23.5 Å². The molecule has 1 aliphatic rings. The first kappa shape index (κ1) is 23.8. The molecule has 2 amide bonds. The van der Waals surface area contributed by atoms with E-state index in [1.54, 1.807) is 31.2 Å². The maximum Gasteiger partial charge on any atom is 0.411 e. The number of carbonyl (C=O) groups excluding carboxylic acids is 2. The van der Waals surface area contributed by atoms with Crippen LogP contribution in [0.4, 0.5) is 26.5 Å². The van der Waals surface area contributed by atoms with Crippen molar-refractivity contribution in [3.63, 3.8) is 0 Å². The molecule has 0 spiro atoms. The molecular formula is C24H23FN8O4. The third kappa shape index (κ3) is 4.66. The highest BCUT2D eigenvalue weighted by atomic mass is 19.1. The van der Waals surface area contributed by atoms with Gasteiger partial charge < -0.3 is 25.8 Å². The Hall–Kier alpha value is -4.94. The van der Waals surface area contributed by atoms with Crippen LogP contribution in [-0.4, -0.2) is 51.3 Å². The van der Waals surface area contributed by atoms with Crippen LogP contribution in [0.15, 0.2) is 42.7 Å². The third-order valence-electron chi connectivity index (χ3n) is 5.73. The van der Waals surface area contributed by atoms with Gasteiger partial charge in [-0.25, -0.2) is 19.2 Å². The number of anilines is 3. The predicted molar refractivity (Wildman–Crippen MR) is 133 cm³/mol. The van der Waals surface area contributed by atoms with E-state index in [1.165, 1.54) is 23.9 Å². The number of aromatic nitrogens is 4. The summed E-state index contributed by atoms with van der Waals surface area (Å²) in [6.07, 6.45) is 1.41. The third-order valence-corrected chi connectivity index (χ3v) is 5.73. The Morgan fingerprint density at radius 3 is 2.81 bits per heavy atom. The second-order valence-electron chi connectivity index (χ2n) is 8.32. The molecule has 1 aromatic carbocycles. The van der Waals surface area contributed by atoms with Crippen LogP contribution in [-0.2, 0) is 11.3 Å². The maximum absolute atomic E-state index is 14.1. The van der Waals surface area contributed by atoms with Gasteiger partial charge >= 0.3 is 6.09 Å². The van der Waals surface area contributed by atoms with Gasteiger partial charge in [0.1, 0.15) is 29.1 Å². The van der Waals surface area contributed by atoms with Crippen LogP contribution < -0.4 is 26.4 Å². The average molecular weight is 506 g/mol. The van der Waals surface area contributed by atoms with Crippen LogP contribution >= 0.6 is 0 Å². The Kier molecular flexibility index (Phi) is 6.17.